The van der Waals surface area contributed by atoms with E-state index in [4.69, 9.17) is 11.6 Å². The molecule has 3 aromatic rings. The van der Waals surface area contributed by atoms with Crippen molar-refractivity contribution in [1.82, 2.24) is 15.0 Å². The fourth-order valence-corrected chi connectivity index (χ4v) is 2.41. The molecule has 0 aliphatic rings. The van der Waals surface area contributed by atoms with Crippen LogP contribution in [0.4, 0.5) is 30.5 Å². The molecule has 0 aliphatic heterocycles. The molecule has 0 fully saturated rings. The molecule has 3 rings (SSSR count). The molecule has 0 amide bonds. The molecule has 0 saturated carbocycles. The molecule has 2 aromatic heterocycles. The first-order valence-corrected chi connectivity index (χ1v) is 7.88. The highest BCUT2D eigenvalue weighted by Crippen LogP contribution is 2.36. The molecule has 1 aromatic carbocycles. The molecule has 0 saturated heterocycles. The molecule has 0 bridgehead atoms. The van der Waals surface area contributed by atoms with Crippen molar-refractivity contribution in [1.29, 1.82) is 0 Å². The van der Waals surface area contributed by atoms with Crippen LogP contribution in [0.15, 0.2) is 55.1 Å². The minimum atomic E-state index is -4.53. The molecule has 5 nitrogen and oxygen atoms in total. The number of alkyl halides is 3. The molecule has 26 heavy (non-hydrogen) atoms. The van der Waals surface area contributed by atoms with Crippen LogP contribution in [0.3, 0.4) is 0 Å². The number of rotatable bonds is 5. The summed E-state index contributed by atoms with van der Waals surface area (Å²) < 4.78 is 38.8. The van der Waals surface area contributed by atoms with E-state index in [9.17, 15) is 13.2 Å². The quantitative estimate of drug-likeness (QED) is 0.660. The molecular formula is C17H13ClF3N5. The smallest absolute Gasteiger partial charge is 0.366 e. The minimum absolute atomic E-state index is 0.223. The topological polar surface area (TPSA) is 62.7 Å². The van der Waals surface area contributed by atoms with Gasteiger partial charge in [-0.25, -0.2) is 9.97 Å². The average molecular weight is 380 g/mol. The zero-order valence-corrected chi connectivity index (χ0v) is 14.0. The number of anilines is 3. The number of benzene rings is 1. The molecule has 0 unspecified atom stereocenters. The van der Waals surface area contributed by atoms with Gasteiger partial charge in [-0.2, -0.15) is 13.2 Å². The number of hydrogen-bond acceptors (Lipinski definition) is 5. The third kappa shape index (κ3) is 4.60. The lowest BCUT2D eigenvalue weighted by Gasteiger charge is -2.12. The normalized spacial score (nSPS) is 11.2. The fourth-order valence-electron chi connectivity index (χ4n) is 2.18. The highest BCUT2D eigenvalue weighted by molar-refractivity contribution is 6.31. The van der Waals surface area contributed by atoms with Gasteiger partial charge in [0.15, 0.2) is 0 Å². The van der Waals surface area contributed by atoms with Crippen LogP contribution in [0.2, 0.25) is 5.02 Å². The summed E-state index contributed by atoms with van der Waals surface area (Å²) >= 11 is 5.62. The van der Waals surface area contributed by atoms with E-state index in [-0.39, 0.29) is 10.7 Å². The van der Waals surface area contributed by atoms with Gasteiger partial charge in [0.1, 0.15) is 18.0 Å². The summed E-state index contributed by atoms with van der Waals surface area (Å²) in [5.74, 6) is 0.886. The fraction of sp³-hybridized carbons (Fsp3) is 0.118. The summed E-state index contributed by atoms with van der Waals surface area (Å²) in [5, 5.41) is 5.58. The van der Waals surface area contributed by atoms with E-state index in [2.05, 4.69) is 25.6 Å². The Bertz CT molecular complexity index is 887. The van der Waals surface area contributed by atoms with Crippen molar-refractivity contribution in [2.45, 2.75) is 12.7 Å². The molecule has 0 aliphatic carbocycles. The number of nitrogens with zero attached hydrogens (tertiary/aromatic N) is 3. The maximum atomic E-state index is 12.9. The van der Waals surface area contributed by atoms with E-state index in [0.29, 0.717) is 18.2 Å². The number of nitrogens with one attached hydrogen (secondary N) is 2. The Kier molecular flexibility index (Phi) is 5.22. The Morgan fingerprint density at radius 3 is 2.42 bits per heavy atom. The monoisotopic (exact) mass is 379 g/mol. The van der Waals surface area contributed by atoms with Gasteiger partial charge in [0, 0.05) is 30.7 Å². The second kappa shape index (κ2) is 7.57. The van der Waals surface area contributed by atoms with Crippen LogP contribution in [-0.4, -0.2) is 15.0 Å². The van der Waals surface area contributed by atoms with Crippen molar-refractivity contribution in [2.24, 2.45) is 0 Å². The van der Waals surface area contributed by atoms with Crippen molar-refractivity contribution >= 4 is 28.9 Å². The van der Waals surface area contributed by atoms with E-state index < -0.39 is 11.7 Å². The Balaban J connectivity index is 1.73. The zero-order valence-electron chi connectivity index (χ0n) is 13.3. The highest BCUT2D eigenvalue weighted by atomic mass is 35.5. The van der Waals surface area contributed by atoms with Crippen LogP contribution in [0, 0.1) is 0 Å². The van der Waals surface area contributed by atoms with Gasteiger partial charge in [0.2, 0.25) is 0 Å². The third-order valence-corrected chi connectivity index (χ3v) is 3.76. The lowest BCUT2D eigenvalue weighted by atomic mass is 10.2. The maximum absolute atomic E-state index is 12.9. The molecule has 0 atom stereocenters. The van der Waals surface area contributed by atoms with Gasteiger partial charge < -0.3 is 10.6 Å². The van der Waals surface area contributed by atoms with Crippen molar-refractivity contribution in [3.05, 3.63) is 71.3 Å². The van der Waals surface area contributed by atoms with Crippen LogP contribution in [-0.2, 0) is 12.7 Å². The first-order chi connectivity index (χ1) is 12.4. The van der Waals surface area contributed by atoms with Crippen LogP contribution >= 0.6 is 11.6 Å². The predicted molar refractivity (Wildman–Crippen MR) is 93.3 cm³/mol. The van der Waals surface area contributed by atoms with E-state index in [1.165, 1.54) is 18.5 Å². The first kappa shape index (κ1) is 17.9. The van der Waals surface area contributed by atoms with Gasteiger partial charge in [0.05, 0.1) is 10.6 Å². The van der Waals surface area contributed by atoms with E-state index >= 15 is 0 Å². The van der Waals surface area contributed by atoms with Gasteiger partial charge in [0.25, 0.3) is 0 Å². The first-order valence-electron chi connectivity index (χ1n) is 7.50. The zero-order chi connectivity index (χ0) is 18.6. The Morgan fingerprint density at radius 1 is 0.962 bits per heavy atom. The van der Waals surface area contributed by atoms with Gasteiger partial charge in [-0.05, 0) is 35.9 Å². The minimum Gasteiger partial charge on any atom is -0.366 e. The van der Waals surface area contributed by atoms with Crippen molar-refractivity contribution in [3.8, 4) is 0 Å². The van der Waals surface area contributed by atoms with Crippen LogP contribution in [0.5, 0.6) is 0 Å². The summed E-state index contributed by atoms with van der Waals surface area (Å²) in [7, 11) is 0. The SMILES string of the molecule is FC(F)(F)c1cc(Nc2cc(NCc3ccncc3)ncn2)ccc1Cl. The lowest BCUT2D eigenvalue weighted by Crippen LogP contribution is -2.07. The number of hydrogen-bond donors (Lipinski definition) is 2. The summed E-state index contributed by atoms with van der Waals surface area (Å²) in [6, 6.07) is 8.90. The maximum Gasteiger partial charge on any atom is 0.417 e. The van der Waals surface area contributed by atoms with Crippen LogP contribution < -0.4 is 10.6 Å². The second-order valence-electron chi connectivity index (χ2n) is 5.31. The molecule has 0 spiro atoms. The van der Waals surface area contributed by atoms with Crippen LogP contribution in [0.25, 0.3) is 0 Å². The Morgan fingerprint density at radius 2 is 1.69 bits per heavy atom. The van der Waals surface area contributed by atoms with Gasteiger partial charge >= 0.3 is 6.18 Å². The van der Waals surface area contributed by atoms with Gasteiger partial charge in [-0.1, -0.05) is 11.6 Å². The van der Waals surface area contributed by atoms with Crippen molar-refractivity contribution in [3.63, 3.8) is 0 Å². The van der Waals surface area contributed by atoms with Crippen molar-refractivity contribution in [2.75, 3.05) is 10.6 Å². The molecule has 9 heteroatoms. The van der Waals surface area contributed by atoms with Gasteiger partial charge in [-0.15, -0.1) is 0 Å². The molecule has 2 N–H and O–H groups in total. The third-order valence-electron chi connectivity index (χ3n) is 3.43. The summed E-state index contributed by atoms with van der Waals surface area (Å²) in [5.41, 5.74) is 0.329. The molecular weight excluding hydrogens is 367 g/mol. The number of pyridine rings is 1. The molecule has 134 valence electrons. The predicted octanol–water partition coefficient (Wildman–Crippen LogP) is 4.90. The Hall–Kier alpha value is -2.87. The van der Waals surface area contributed by atoms with Crippen molar-refractivity contribution < 1.29 is 13.2 Å². The molecule has 2 heterocycles. The summed E-state index contributed by atoms with van der Waals surface area (Å²) in [6.45, 7) is 0.526. The summed E-state index contributed by atoms with van der Waals surface area (Å²) in [6.07, 6.45) is 0.154. The molecule has 0 radical (unpaired) electrons. The number of halogens is 4. The average Bonchev–Trinajstić information content (AvgIpc) is 2.62. The van der Waals surface area contributed by atoms with Crippen LogP contribution in [0.1, 0.15) is 11.1 Å². The number of aromatic nitrogens is 3. The Labute approximate surface area is 152 Å². The van der Waals surface area contributed by atoms with Gasteiger partial charge in [-0.3, -0.25) is 4.98 Å². The second-order valence-corrected chi connectivity index (χ2v) is 5.72. The highest BCUT2D eigenvalue weighted by Gasteiger charge is 2.33. The van der Waals surface area contributed by atoms with E-state index in [1.54, 1.807) is 18.5 Å². The standard InChI is InChI=1S/C17H13ClF3N5/c18-14-2-1-12(7-13(14)17(19,20)21)26-16-8-15(24-10-25-16)23-9-11-3-5-22-6-4-11/h1-8,10H,9H2,(H2,23,24,25,26). The summed E-state index contributed by atoms with van der Waals surface area (Å²) in [4.78, 5) is 12.0. The van der Waals surface area contributed by atoms with E-state index in [0.717, 1.165) is 11.6 Å². The van der Waals surface area contributed by atoms with E-state index in [1.807, 2.05) is 12.1 Å². The lowest BCUT2D eigenvalue weighted by molar-refractivity contribution is -0.137. The largest absolute Gasteiger partial charge is 0.417 e.